The molecule has 0 saturated carbocycles. The molecular formula is C22H32N6O11. The van der Waals surface area contributed by atoms with E-state index >= 15 is 0 Å². The minimum atomic E-state index is -1.51. The van der Waals surface area contributed by atoms with Gasteiger partial charge in [-0.1, -0.05) is 24.1 Å². The minimum absolute atomic E-state index is 0.178. The Morgan fingerprint density at radius 1 is 0.795 bits per heavy atom. The molecule has 2 rings (SSSR count). The summed E-state index contributed by atoms with van der Waals surface area (Å²) >= 11 is 0. The number of ether oxygens (including phenoxy) is 7. The third-order valence-corrected chi connectivity index (χ3v) is 5.78. The molecule has 17 heteroatoms. The fraction of sp³-hybridized carbons (Fsp3) is 0.818. The topological polar surface area (TPSA) is 230 Å². The Morgan fingerprint density at radius 2 is 1.38 bits per heavy atom. The molecule has 0 amide bonds. The van der Waals surface area contributed by atoms with Crippen LogP contribution in [-0.4, -0.2) is 92.1 Å². The molecular weight excluding hydrogens is 524 g/mol. The first-order valence-corrected chi connectivity index (χ1v) is 12.1. The predicted molar refractivity (Wildman–Crippen MR) is 127 cm³/mol. The number of azide groups is 2. The van der Waals surface area contributed by atoms with E-state index in [1.54, 1.807) is 0 Å². The Hall–Kier alpha value is -3.62. The summed E-state index contributed by atoms with van der Waals surface area (Å²) in [6.45, 7) is 7.59. The molecule has 0 aromatic rings. The molecule has 17 nitrogen and oxygen atoms in total. The van der Waals surface area contributed by atoms with Gasteiger partial charge >= 0.3 is 23.9 Å². The van der Waals surface area contributed by atoms with Crippen LogP contribution in [0.4, 0.5) is 0 Å². The highest BCUT2D eigenvalue weighted by Crippen LogP contribution is 2.36. The number of hydrogen-bond acceptors (Lipinski definition) is 13. The summed E-state index contributed by atoms with van der Waals surface area (Å²) in [6.07, 6.45) is -9.22. The van der Waals surface area contributed by atoms with Crippen molar-refractivity contribution < 1.29 is 52.3 Å². The van der Waals surface area contributed by atoms with Gasteiger partial charge in [-0.25, -0.2) is 0 Å². The molecule has 2 aliphatic heterocycles. The molecule has 5 unspecified atom stereocenters. The number of esters is 4. The zero-order valence-corrected chi connectivity index (χ0v) is 22.4. The highest BCUT2D eigenvalue weighted by atomic mass is 16.7. The van der Waals surface area contributed by atoms with Crippen LogP contribution in [0.25, 0.3) is 20.9 Å². The van der Waals surface area contributed by atoms with Gasteiger partial charge in [0, 0.05) is 37.5 Å². The lowest BCUT2D eigenvalue weighted by Crippen LogP contribution is -2.62. The van der Waals surface area contributed by atoms with Crippen molar-refractivity contribution in [2.75, 3.05) is 13.2 Å². The zero-order chi connectivity index (χ0) is 29.3. The second-order valence-electron chi connectivity index (χ2n) is 9.16. The van der Waals surface area contributed by atoms with E-state index in [1.165, 1.54) is 13.8 Å². The largest absolute Gasteiger partial charge is 0.463 e. The number of rotatable bonds is 11. The van der Waals surface area contributed by atoms with Crippen LogP contribution < -0.4 is 0 Å². The van der Waals surface area contributed by atoms with Gasteiger partial charge in [0.25, 0.3) is 0 Å². The fourth-order valence-corrected chi connectivity index (χ4v) is 4.38. The van der Waals surface area contributed by atoms with Gasteiger partial charge in [-0.3, -0.25) is 19.2 Å². The van der Waals surface area contributed by atoms with Crippen LogP contribution in [0.1, 0.15) is 41.5 Å². The molecule has 0 bridgehead atoms. The first-order valence-electron chi connectivity index (χ1n) is 12.1. The average molecular weight is 557 g/mol. The maximum atomic E-state index is 12.0. The smallest absolute Gasteiger partial charge is 0.303 e. The molecule has 0 N–H and O–H groups in total. The normalized spacial score (nSPS) is 31.8. The van der Waals surface area contributed by atoms with Crippen molar-refractivity contribution in [1.82, 2.24) is 0 Å². The Kier molecular flexibility index (Phi) is 11.8. The second-order valence-corrected chi connectivity index (χ2v) is 9.16. The molecule has 39 heavy (non-hydrogen) atoms. The summed E-state index contributed by atoms with van der Waals surface area (Å²) < 4.78 is 39.5. The van der Waals surface area contributed by atoms with Gasteiger partial charge in [0.05, 0.1) is 6.54 Å². The summed E-state index contributed by atoms with van der Waals surface area (Å²) in [6, 6.07) is -1.42. The van der Waals surface area contributed by atoms with Crippen LogP contribution in [0.15, 0.2) is 10.2 Å². The maximum Gasteiger partial charge on any atom is 0.303 e. The van der Waals surface area contributed by atoms with Crippen molar-refractivity contribution in [3.8, 4) is 0 Å². The monoisotopic (exact) mass is 556 g/mol. The van der Waals surface area contributed by atoms with Crippen LogP contribution >= 0.6 is 0 Å². The Balaban J connectivity index is 2.55. The maximum absolute atomic E-state index is 12.0. The molecule has 216 valence electrons. The lowest BCUT2D eigenvalue weighted by Gasteiger charge is -2.44. The molecule has 0 aromatic carbocycles. The van der Waals surface area contributed by atoms with Crippen molar-refractivity contribution in [3.63, 3.8) is 0 Å². The molecule has 0 spiro atoms. The fourth-order valence-electron chi connectivity index (χ4n) is 4.38. The van der Waals surface area contributed by atoms with E-state index in [9.17, 15) is 24.7 Å². The number of hydrogen-bond donors (Lipinski definition) is 0. The van der Waals surface area contributed by atoms with Crippen LogP contribution in [0.3, 0.4) is 0 Å². The van der Waals surface area contributed by atoms with Gasteiger partial charge in [0.2, 0.25) is 0 Å². The van der Waals surface area contributed by atoms with Crippen LogP contribution in [0.2, 0.25) is 0 Å². The summed E-state index contributed by atoms with van der Waals surface area (Å²) in [5.41, 5.74) is 18.1. The Labute approximate surface area is 223 Å². The highest BCUT2D eigenvalue weighted by molar-refractivity contribution is 5.68. The highest BCUT2D eigenvalue weighted by Gasteiger charge is 2.55. The number of nitrogens with zero attached hydrogens (tertiary/aromatic N) is 6. The number of carbonyl (C=O) groups is 4. The first-order chi connectivity index (χ1) is 18.4. The van der Waals surface area contributed by atoms with Gasteiger partial charge in [-0.2, -0.15) is 0 Å². The third kappa shape index (κ3) is 8.70. The lowest BCUT2D eigenvalue weighted by atomic mass is 9.95. The van der Waals surface area contributed by atoms with E-state index < -0.39 is 78.9 Å². The Bertz CT molecular complexity index is 1010. The second kappa shape index (κ2) is 14.5. The molecule has 9 atom stereocenters. The van der Waals surface area contributed by atoms with Gasteiger partial charge < -0.3 is 33.2 Å². The molecule has 2 saturated heterocycles. The van der Waals surface area contributed by atoms with E-state index in [2.05, 4.69) is 20.1 Å². The van der Waals surface area contributed by atoms with E-state index in [0.717, 1.165) is 13.8 Å². The summed E-state index contributed by atoms with van der Waals surface area (Å²) in [5, 5.41) is 7.15. The summed E-state index contributed by atoms with van der Waals surface area (Å²) in [4.78, 5) is 52.8. The molecule has 2 aliphatic rings. The average Bonchev–Trinajstić information content (AvgIpc) is 3.16. The SMILES string of the molecule is CC(=O)OC[C@H]1O[C@@H](C(C)C)C(OC(C)=O)C1O[C@H]1OC(CN=[N+]=[N-])[C@@H](OC(C)=O)C(OC(C)=O)C1N=[N+]=[N-]. The Morgan fingerprint density at radius 3 is 1.90 bits per heavy atom. The molecule has 0 aliphatic carbocycles. The standard InChI is InChI=1S/C22H32N6O11/c1-9(2)17-21(36-13(6)32)19(15(37-17)8-33-10(3)29)39-22-16(26-28-24)20(35-12(5)31)18(34-11(4)30)14(38-22)7-25-27-23/h9,14-22H,7-8H2,1-6H3/t14?,15-,16?,17+,18-,19?,20?,21?,22-/m1/s1. The molecule has 0 radical (unpaired) electrons. The summed E-state index contributed by atoms with van der Waals surface area (Å²) in [5.74, 6) is -2.98. The van der Waals surface area contributed by atoms with Crippen molar-refractivity contribution in [2.45, 2.75) is 96.6 Å². The van der Waals surface area contributed by atoms with Crippen molar-refractivity contribution in [2.24, 2.45) is 16.1 Å². The van der Waals surface area contributed by atoms with Crippen LogP contribution in [0.5, 0.6) is 0 Å². The van der Waals surface area contributed by atoms with E-state index in [4.69, 9.17) is 38.7 Å². The van der Waals surface area contributed by atoms with E-state index in [1.807, 2.05) is 13.8 Å². The van der Waals surface area contributed by atoms with Crippen LogP contribution in [0, 0.1) is 5.92 Å². The first kappa shape index (κ1) is 31.6. The lowest BCUT2D eigenvalue weighted by molar-refractivity contribution is -0.285. The van der Waals surface area contributed by atoms with Gasteiger partial charge in [0.1, 0.15) is 37.1 Å². The van der Waals surface area contributed by atoms with Gasteiger partial charge in [-0.15, -0.1) is 0 Å². The minimum Gasteiger partial charge on any atom is -0.463 e. The summed E-state index contributed by atoms with van der Waals surface area (Å²) in [7, 11) is 0. The molecule has 2 fully saturated rings. The third-order valence-electron chi connectivity index (χ3n) is 5.78. The number of carbonyl (C=O) groups excluding carboxylic acids is 4. The van der Waals surface area contributed by atoms with Crippen molar-refractivity contribution in [3.05, 3.63) is 20.9 Å². The van der Waals surface area contributed by atoms with E-state index in [-0.39, 0.29) is 19.1 Å². The van der Waals surface area contributed by atoms with E-state index in [0.29, 0.717) is 0 Å². The zero-order valence-electron chi connectivity index (χ0n) is 22.4. The quantitative estimate of drug-likeness (QED) is 0.117. The van der Waals surface area contributed by atoms with Crippen LogP contribution in [-0.2, 0) is 52.3 Å². The van der Waals surface area contributed by atoms with Gasteiger partial charge in [0.15, 0.2) is 24.6 Å². The predicted octanol–water partition coefficient (Wildman–Crippen LogP) is 1.87. The van der Waals surface area contributed by atoms with Crippen molar-refractivity contribution >= 4 is 23.9 Å². The van der Waals surface area contributed by atoms with Gasteiger partial charge in [-0.05, 0) is 17.0 Å². The molecule has 2 heterocycles. The molecule has 0 aromatic heterocycles. The van der Waals surface area contributed by atoms with Crippen molar-refractivity contribution in [1.29, 1.82) is 0 Å².